The van der Waals surface area contributed by atoms with E-state index in [0.717, 1.165) is 11.3 Å². The summed E-state index contributed by atoms with van der Waals surface area (Å²) in [7, 11) is 0. The van der Waals surface area contributed by atoms with Crippen molar-refractivity contribution >= 4 is 23.2 Å². The second-order valence-electron chi connectivity index (χ2n) is 4.01. The maximum absolute atomic E-state index is 6.14. The van der Waals surface area contributed by atoms with Crippen LogP contribution in [0.5, 0.6) is 5.75 Å². The van der Waals surface area contributed by atoms with Crippen molar-refractivity contribution in [1.29, 1.82) is 0 Å². The minimum atomic E-state index is -0.230. The monoisotopic (exact) mass is 296 g/mol. The van der Waals surface area contributed by atoms with Crippen LogP contribution < -0.4 is 16.0 Å². The number of benzene rings is 2. The smallest absolute Gasteiger partial charge is 0.119 e. The third-order valence-electron chi connectivity index (χ3n) is 2.69. The van der Waals surface area contributed by atoms with E-state index < -0.39 is 0 Å². The standard InChI is InChI=1S/C14H14Cl2N2O/c15-10-6-7-13(16)12(8-10)14(18-17)9-19-11-4-2-1-3-5-11/h1-8,14,18H,9,17H2. The lowest BCUT2D eigenvalue weighted by molar-refractivity contribution is 0.267. The average Bonchev–Trinajstić information content (AvgIpc) is 2.44. The number of rotatable bonds is 5. The molecule has 0 aliphatic heterocycles. The van der Waals surface area contributed by atoms with Crippen LogP contribution in [0.15, 0.2) is 48.5 Å². The molecule has 1 atom stereocenters. The van der Waals surface area contributed by atoms with E-state index in [4.69, 9.17) is 33.8 Å². The number of nitrogens with one attached hydrogen (secondary N) is 1. The normalized spacial score (nSPS) is 12.2. The van der Waals surface area contributed by atoms with Crippen LogP contribution in [-0.2, 0) is 0 Å². The van der Waals surface area contributed by atoms with Gasteiger partial charge in [0.15, 0.2) is 0 Å². The van der Waals surface area contributed by atoms with Gasteiger partial charge in [-0.1, -0.05) is 41.4 Å². The zero-order chi connectivity index (χ0) is 13.7. The molecule has 0 aliphatic rings. The Morgan fingerprint density at radius 1 is 1.11 bits per heavy atom. The maximum Gasteiger partial charge on any atom is 0.119 e. The Hall–Kier alpha value is -1.26. The fourth-order valence-electron chi connectivity index (χ4n) is 1.71. The maximum atomic E-state index is 6.14. The van der Waals surface area contributed by atoms with Crippen molar-refractivity contribution in [3.05, 3.63) is 64.1 Å². The first-order valence-corrected chi connectivity index (χ1v) is 6.55. The highest BCUT2D eigenvalue weighted by molar-refractivity contribution is 6.33. The predicted molar refractivity (Wildman–Crippen MR) is 78.5 cm³/mol. The van der Waals surface area contributed by atoms with E-state index in [9.17, 15) is 0 Å². The van der Waals surface area contributed by atoms with Gasteiger partial charge in [0.25, 0.3) is 0 Å². The molecule has 2 aromatic rings. The summed E-state index contributed by atoms with van der Waals surface area (Å²) in [6.07, 6.45) is 0. The van der Waals surface area contributed by atoms with E-state index in [1.807, 2.05) is 30.3 Å². The van der Waals surface area contributed by atoms with Crippen molar-refractivity contribution in [2.75, 3.05) is 6.61 Å². The van der Waals surface area contributed by atoms with Crippen molar-refractivity contribution in [3.63, 3.8) is 0 Å². The van der Waals surface area contributed by atoms with Crippen molar-refractivity contribution < 1.29 is 4.74 Å². The second kappa shape index (κ2) is 6.78. The zero-order valence-corrected chi connectivity index (χ0v) is 11.7. The summed E-state index contributed by atoms with van der Waals surface area (Å²) in [6.45, 7) is 0.362. The quantitative estimate of drug-likeness (QED) is 0.655. The Morgan fingerprint density at radius 2 is 1.84 bits per heavy atom. The highest BCUT2D eigenvalue weighted by atomic mass is 35.5. The molecule has 2 aromatic carbocycles. The van der Waals surface area contributed by atoms with Gasteiger partial charge in [-0.25, -0.2) is 5.43 Å². The van der Waals surface area contributed by atoms with Crippen LogP contribution in [0, 0.1) is 0 Å². The van der Waals surface area contributed by atoms with E-state index in [0.29, 0.717) is 16.7 Å². The third-order valence-corrected chi connectivity index (χ3v) is 3.27. The molecule has 3 nitrogen and oxygen atoms in total. The minimum absolute atomic E-state index is 0.230. The lowest BCUT2D eigenvalue weighted by Gasteiger charge is -2.18. The molecule has 100 valence electrons. The number of hydrogen-bond acceptors (Lipinski definition) is 3. The molecule has 0 spiro atoms. The molecular formula is C14H14Cl2N2O. The molecule has 19 heavy (non-hydrogen) atoms. The molecule has 3 N–H and O–H groups in total. The van der Waals surface area contributed by atoms with Gasteiger partial charge in [-0.2, -0.15) is 0 Å². The van der Waals surface area contributed by atoms with Gasteiger partial charge in [0.1, 0.15) is 12.4 Å². The van der Waals surface area contributed by atoms with E-state index >= 15 is 0 Å². The van der Waals surface area contributed by atoms with Crippen LogP contribution in [0.4, 0.5) is 0 Å². The predicted octanol–water partition coefficient (Wildman–Crippen LogP) is 3.58. The molecule has 0 amide bonds. The summed E-state index contributed by atoms with van der Waals surface area (Å²) < 4.78 is 5.66. The molecule has 0 bridgehead atoms. The van der Waals surface area contributed by atoms with Gasteiger partial charge in [0, 0.05) is 10.0 Å². The number of ether oxygens (including phenoxy) is 1. The first-order valence-electron chi connectivity index (χ1n) is 5.79. The number of hydrogen-bond donors (Lipinski definition) is 2. The molecule has 0 radical (unpaired) electrons. The molecule has 0 aromatic heterocycles. The first-order chi connectivity index (χ1) is 9.20. The second-order valence-corrected chi connectivity index (χ2v) is 4.85. The molecule has 2 rings (SSSR count). The molecule has 5 heteroatoms. The Balaban J connectivity index is 2.10. The van der Waals surface area contributed by atoms with Crippen molar-refractivity contribution in [2.45, 2.75) is 6.04 Å². The lowest BCUT2D eigenvalue weighted by Crippen LogP contribution is -2.32. The van der Waals surface area contributed by atoms with Crippen LogP contribution in [0.3, 0.4) is 0 Å². The summed E-state index contributed by atoms with van der Waals surface area (Å²) in [6, 6.07) is 14.5. The largest absolute Gasteiger partial charge is 0.492 e. The molecule has 0 aliphatic carbocycles. The van der Waals surface area contributed by atoms with Crippen LogP contribution in [-0.4, -0.2) is 6.61 Å². The Labute approximate surface area is 122 Å². The molecule has 0 fully saturated rings. The number of hydrazine groups is 1. The van der Waals surface area contributed by atoms with Crippen LogP contribution in [0.2, 0.25) is 10.0 Å². The van der Waals surface area contributed by atoms with Crippen molar-refractivity contribution in [2.24, 2.45) is 5.84 Å². The average molecular weight is 297 g/mol. The molecule has 0 heterocycles. The molecule has 1 unspecified atom stereocenters. The van der Waals surface area contributed by atoms with Crippen molar-refractivity contribution in [1.82, 2.24) is 5.43 Å². The van der Waals surface area contributed by atoms with Gasteiger partial charge in [-0.05, 0) is 35.9 Å². The summed E-state index contributed by atoms with van der Waals surface area (Å²) in [5.74, 6) is 6.33. The fraction of sp³-hybridized carbons (Fsp3) is 0.143. The van der Waals surface area contributed by atoms with Gasteiger partial charge in [-0.15, -0.1) is 0 Å². The summed E-state index contributed by atoms with van der Waals surface area (Å²) in [5, 5.41) is 1.21. The van der Waals surface area contributed by atoms with Crippen LogP contribution in [0.1, 0.15) is 11.6 Å². The topological polar surface area (TPSA) is 47.3 Å². The van der Waals surface area contributed by atoms with E-state index in [1.54, 1.807) is 18.2 Å². The highest BCUT2D eigenvalue weighted by Crippen LogP contribution is 2.26. The van der Waals surface area contributed by atoms with Gasteiger partial charge in [0.05, 0.1) is 6.04 Å². The Kier molecular flexibility index (Phi) is 5.05. The SMILES string of the molecule is NNC(COc1ccccc1)c1cc(Cl)ccc1Cl. The molecule has 0 saturated carbocycles. The fourth-order valence-corrected chi connectivity index (χ4v) is 2.14. The summed E-state index contributed by atoms with van der Waals surface area (Å²) >= 11 is 12.1. The number of para-hydroxylation sites is 1. The lowest BCUT2D eigenvalue weighted by atomic mass is 10.1. The number of halogens is 2. The van der Waals surface area contributed by atoms with Gasteiger partial charge >= 0.3 is 0 Å². The van der Waals surface area contributed by atoms with E-state index in [2.05, 4.69) is 5.43 Å². The highest BCUT2D eigenvalue weighted by Gasteiger charge is 2.14. The third kappa shape index (κ3) is 3.85. The Bertz CT molecular complexity index is 534. The van der Waals surface area contributed by atoms with Gasteiger partial charge in [0.2, 0.25) is 0 Å². The number of nitrogens with two attached hydrogens (primary N) is 1. The molecule has 0 saturated heterocycles. The van der Waals surface area contributed by atoms with Crippen LogP contribution in [0.25, 0.3) is 0 Å². The zero-order valence-electron chi connectivity index (χ0n) is 10.1. The minimum Gasteiger partial charge on any atom is -0.492 e. The van der Waals surface area contributed by atoms with Gasteiger partial charge in [-0.3, -0.25) is 5.84 Å². The van der Waals surface area contributed by atoms with Gasteiger partial charge < -0.3 is 4.74 Å². The van der Waals surface area contributed by atoms with E-state index in [1.165, 1.54) is 0 Å². The van der Waals surface area contributed by atoms with Crippen molar-refractivity contribution in [3.8, 4) is 5.75 Å². The summed E-state index contributed by atoms with van der Waals surface area (Å²) in [4.78, 5) is 0. The first kappa shape index (κ1) is 14.2. The Morgan fingerprint density at radius 3 is 2.53 bits per heavy atom. The van der Waals surface area contributed by atoms with Crippen LogP contribution >= 0.6 is 23.2 Å². The molecular weight excluding hydrogens is 283 g/mol. The summed E-state index contributed by atoms with van der Waals surface area (Å²) in [5.41, 5.74) is 3.50. The van der Waals surface area contributed by atoms with E-state index in [-0.39, 0.29) is 6.04 Å².